The van der Waals surface area contributed by atoms with E-state index >= 15 is 0 Å². The van der Waals surface area contributed by atoms with Crippen LogP contribution in [-0.2, 0) is 9.59 Å². The molecule has 128 valence electrons. The molecular formula is C17H22N4O2S. The summed E-state index contributed by atoms with van der Waals surface area (Å²) < 4.78 is 0. The molecule has 0 aromatic carbocycles. The van der Waals surface area contributed by atoms with Crippen molar-refractivity contribution in [2.24, 2.45) is 0 Å². The normalized spacial score (nSPS) is 19.0. The van der Waals surface area contributed by atoms with Crippen LogP contribution < -0.4 is 5.32 Å². The summed E-state index contributed by atoms with van der Waals surface area (Å²) in [5.74, 6) is 0.285. The first-order chi connectivity index (χ1) is 11.6. The quantitative estimate of drug-likeness (QED) is 0.873. The van der Waals surface area contributed by atoms with Gasteiger partial charge in [0.1, 0.15) is 0 Å². The third-order valence-electron chi connectivity index (χ3n) is 4.38. The zero-order valence-electron chi connectivity index (χ0n) is 13.7. The van der Waals surface area contributed by atoms with E-state index in [4.69, 9.17) is 0 Å². The lowest BCUT2D eigenvalue weighted by atomic mass is 9.94. The third-order valence-corrected chi connectivity index (χ3v) is 5.37. The Kier molecular flexibility index (Phi) is 5.30. The van der Waals surface area contributed by atoms with E-state index in [2.05, 4.69) is 15.5 Å². The largest absolute Gasteiger partial charge is 0.348 e. The smallest absolute Gasteiger partial charge is 0.225 e. The molecule has 6 nitrogen and oxygen atoms in total. The SMILES string of the molecule is CC(=O)N[C@H](CC(=O)N1CCC[C@@H](c2ccn[nH]2)C1)c1cccs1. The van der Waals surface area contributed by atoms with Gasteiger partial charge in [0.05, 0.1) is 12.5 Å². The van der Waals surface area contributed by atoms with Gasteiger partial charge >= 0.3 is 0 Å². The number of H-pyrrole nitrogens is 1. The molecule has 0 saturated carbocycles. The predicted molar refractivity (Wildman–Crippen MR) is 92.6 cm³/mol. The number of nitrogens with one attached hydrogen (secondary N) is 2. The van der Waals surface area contributed by atoms with Crippen molar-refractivity contribution in [3.8, 4) is 0 Å². The van der Waals surface area contributed by atoms with Gasteiger partial charge in [-0.25, -0.2) is 0 Å². The fourth-order valence-corrected chi connectivity index (χ4v) is 3.99. The molecule has 3 rings (SSSR count). The number of rotatable bonds is 5. The van der Waals surface area contributed by atoms with Crippen LogP contribution in [0.25, 0.3) is 0 Å². The standard InChI is InChI=1S/C17H22N4O2S/c1-12(22)19-15(16-5-3-9-24-16)10-17(23)21-8-2-4-13(11-21)14-6-7-18-20-14/h3,5-7,9,13,15H,2,4,8,10-11H2,1H3,(H,18,20)(H,19,22)/t13-,15-/m1/s1. The molecule has 0 spiro atoms. The Hall–Kier alpha value is -2.15. The molecule has 0 aliphatic carbocycles. The Morgan fingerprint density at radius 2 is 2.38 bits per heavy atom. The van der Waals surface area contributed by atoms with E-state index in [1.807, 2.05) is 28.5 Å². The van der Waals surface area contributed by atoms with E-state index in [1.165, 1.54) is 6.92 Å². The second-order valence-corrected chi connectivity index (χ2v) is 7.14. The fraction of sp³-hybridized carbons (Fsp3) is 0.471. The Bertz CT molecular complexity index is 669. The molecule has 2 aromatic heterocycles. The lowest BCUT2D eigenvalue weighted by Gasteiger charge is -2.33. The van der Waals surface area contributed by atoms with Crippen LogP contribution in [0.5, 0.6) is 0 Å². The fourth-order valence-electron chi connectivity index (χ4n) is 3.21. The van der Waals surface area contributed by atoms with Gasteiger partial charge in [0.15, 0.2) is 0 Å². The molecule has 0 bridgehead atoms. The number of nitrogens with zero attached hydrogens (tertiary/aromatic N) is 2. The van der Waals surface area contributed by atoms with Gasteiger partial charge in [-0.3, -0.25) is 14.7 Å². The van der Waals surface area contributed by atoms with Crippen molar-refractivity contribution in [1.29, 1.82) is 0 Å². The number of likely N-dealkylation sites (tertiary alicyclic amines) is 1. The van der Waals surface area contributed by atoms with Gasteiger partial charge in [-0.05, 0) is 30.4 Å². The van der Waals surface area contributed by atoms with Crippen molar-refractivity contribution in [2.45, 2.75) is 38.1 Å². The highest BCUT2D eigenvalue weighted by Gasteiger charge is 2.28. The third kappa shape index (κ3) is 4.03. The maximum Gasteiger partial charge on any atom is 0.225 e. The second kappa shape index (κ2) is 7.61. The molecular weight excluding hydrogens is 324 g/mol. The number of carbonyl (C=O) groups excluding carboxylic acids is 2. The molecule has 0 unspecified atom stereocenters. The van der Waals surface area contributed by atoms with Crippen LogP contribution in [0.4, 0.5) is 0 Å². The highest BCUT2D eigenvalue weighted by molar-refractivity contribution is 7.10. The molecule has 1 aliphatic heterocycles. The zero-order valence-corrected chi connectivity index (χ0v) is 14.5. The minimum atomic E-state index is -0.248. The van der Waals surface area contributed by atoms with Crippen LogP contribution in [0.2, 0.25) is 0 Å². The number of thiophene rings is 1. The van der Waals surface area contributed by atoms with E-state index in [-0.39, 0.29) is 17.9 Å². The molecule has 1 fully saturated rings. The summed E-state index contributed by atoms with van der Waals surface area (Å²) in [4.78, 5) is 27.2. The van der Waals surface area contributed by atoms with Crippen LogP contribution in [0.15, 0.2) is 29.8 Å². The van der Waals surface area contributed by atoms with Gasteiger partial charge in [0.2, 0.25) is 11.8 Å². The molecule has 2 amide bonds. The molecule has 2 N–H and O–H groups in total. The summed E-state index contributed by atoms with van der Waals surface area (Å²) in [5, 5.41) is 11.9. The Balaban J connectivity index is 1.65. The summed E-state index contributed by atoms with van der Waals surface area (Å²) in [6.45, 7) is 2.97. The predicted octanol–water partition coefficient (Wildman–Crippen LogP) is 2.44. The lowest BCUT2D eigenvalue weighted by Crippen LogP contribution is -2.41. The van der Waals surface area contributed by atoms with E-state index < -0.39 is 0 Å². The minimum Gasteiger partial charge on any atom is -0.348 e. The number of carbonyl (C=O) groups is 2. The maximum atomic E-state index is 12.8. The molecule has 2 atom stereocenters. The van der Waals surface area contributed by atoms with Gasteiger partial charge in [-0.2, -0.15) is 5.10 Å². The zero-order chi connectivity index (χ0) is 16.9. The van der Waals surface area contributed by atoms with E-state index in [0.29, 0.717) is 18.9 Å². The van der Waals surface area contributed by atoms with Crippen molar-refractivity contribution >= 4 is 23.2 Å². The first kappa shape index (κ1) is 16.7. The number of hydrogen-bond acceptors (Lipinski definition) is 4. The van der Waals surface area contributed by atoms with Crippen molar-refractivity contribution in [2.75, 3.05) is 13.1 Å². The number of aromatic amines is 1. The Morgan fingerprint density at radius 3 is 3.04 bits per heavy atom. The average Bonchev–Trinajstić information content (AvgIpc) is 3.27. The summed E-state index contributed by atoms with van der Waals surface area (Å²) in [6.07, 6.45) is 4.10. The minimum absolute atomic E-state index is 0.0892. The summed E-state index contributed by atoms with van der Waals surface area (Å²) >= 11 is 1.56. The van der Waals surface area contributed by atoms with Crippen LogP contribution in [-0.4, -0.2) is 40.0 Å². The average molecular weight is 346 g/mol. The summed E-state index contributed by atoms with van der Waals surface area (Å²) in [5.41, 5.74) is 1.09. The second-order valence-electron chi connectivity index (χ2n) is 6.16. The van der Waals surface area contributed by atoms with E-state index in [0.717, 1.165) is 30.0 Å². The van der Waals surface area contributed by atoms with Crippen LogP contribution in [0.3, 0.4) is 0 Å². The highest BCUT2D eigenvalue weighted by atomic mass is 32.1. The van der Waals surface area contributed by atoms with E-state index in [9.17, 15) is 9.59 Å². The molecule has 3 heterocycles. The van der Waals surface area contributed by atoms with Crippen LogP contribution in [0, 0.1) is 0 Å². The van der Waals surface area contributed by atoms with Crippen LogP contribution in [0.1, 0.15) is 48.7 Å². The maximum absolute atomic E-state index is 12.8. The van der Waals surface area contributed by atoms with Gasteiger partial charge in [0, 0.05) is 42.7 Å². The van der Waals surface area contributed by atoms with Crippen molar-refractivity contribution < 1.29 is 9.59 Å². The number of aromatic nitrogens is 2. The molecule has 0 radical (unpaired) electrons. The molecule has 7 heteroatoms. The monoisotopic (exact) mass is 346 g/mol. The first-order valence-electron chi connectivity index (χ1n) is 8.21. The molecule has 1 aliphatic rings. The molecule has 2 aromatic rings. The summed E-state index contributed by atoms with van der Waals surface area (Å²) in [6, 6.07) is 5.63. The van der Waals surface area contributed by atoms with Crippen molar-refractivity contribution in [3.63, 3.8) is 0 Å². The molecule has 24 heavy (non-hydrogen) atoms. The Morgan fingerprint density at radius 1 is 1.50 bits per heavy atom. The van der Waals surface area contributed by atoms with Gasteiger partial charge < -0.3 is 10.2 Å². The number of piperidine rings is 1. The van der Waals surface area contributed by atoms with Gasteiger partial charge in [-0.1, -0.05) is 6.07 Å². The van der Waals surface area contributed by atoms with Gasteiger partial charge in [0.25, 0.3) is 0 Å². The molecule has 1 saturated heterocycles. The number of amides is 2. The van der Waals surface area contributed by atoms with Crippen molar-refractivity contribution in [3.05, 3.63) is 40.3 Å². The summed E-state index contributed by atoms with van der Waals surface area (Å²) in [7, 11) is 0. The first-order valence-corrected chi connectivity index (χ1v) is 9.09. The highest BCUT2D eigenvalue weighted by Crippen LogP contribution is 2.28. The Labute approximate surface area is 145 Å². The van der Waals surface area contributed by atoms with Crippen molar-refractivity contribution in [1.82, 2.24) is 20.4 Å². The van der Waals surface area contributed by atoms with Crippen LogP contribution >= 0.6 is 11.3 Å². The van der Waals surface area contributed by atoms with E-state index in [1.54, 1.807) is 17.5 Å². The van der Waals surface area contributed by atoms with Gasteiger partial charge in [-0.15, -0.1) is 11.3 Å². The topological polar surface area (TPSA) is 78.1 Å². The number of hydrogen-bond donors (Lipinski definition) is 2. The lowest BCUT2D eigenvalue weighted by molar-refractivity contribution is -0.133.